The molecule has 0 aromatic heterocycles. The normalized spacial score (nSPS) is 18.1. The number of nitrogens with one attached hydrogen (secondary N) is 1. The molecule has 0 heterocycles. The maximum absolute atomic E-state index is 12.7. The highest BCUT2D eigenvalue weighted by molar-refractivity contribution is 5.88. The van der Waals surface area contributed by atoms with Crippen molar-refractivity contribution in [3.8, 4) is 0 Å². The van der Waals surface area contributed by atoms with E-state index in [9.17, 15) is 18.0 Å². The number of nitrogens with two attached hydrogens (primary N) is 1. The summed E-state index contributed by atoms with van der Waals surface area (Å²) in [6, 6.07) is 5.31. The van der Waals surface area contributed by atoms with Crippen molar-refractivity contribution in [2.45, 2.75) is 43.8 Å². The molecule has 0 spiro atoms. The van der Waals surface area contributed by atoms with Crippen molar-refractivity contribution in [3.63, 3.8) is 0 Å². The molecule has 3 nitrogen and oxygen atoms in total. The Hall–Kier alpha value is -1.56. The van der Waals surface area contributed by atoms with Crippen LogP contribution in [0.15, 0.2) is 24.3 Å². The lowest BCUT2D eigenvalue weighted by Gasteiger charge is -2.16. The van der Waals surface area contributed by atoms with Gasteiger partial charge in [-0.2, -0.15) is 13.2 Å². The molecule has 0 saturated heterocycles. The first kappa shape index (κ1) is 15.8. The third-order valence-corrected chi connectivity index (χ3v) is 3.89. The Morgan fingerprint density at radius 3 is 2.67 bits per heavy atom. The van der Waals surface area contributed by atoms with Gasteiger partial charge in [-0.1, -0.05) is 25.1 Å². The fraction of sp³-hybridized carbons (Fsp3) is 0.533. The average molecular weight is 300 g/mol. The van der Waals surface area contributed by atoms with Gasteiger partial charge in [0.25, 0.3) is 0 Å². The number of carbonyl (C=O) groups excluding carboxylic acids is 1. The van der Waals surface area contributed by atoms with E-state index in [2.05, 4.69) is 5.32 Å². The van der Waals surface area contributed by atoms with Crippen LogP contribution in [0.1, 0.15) is 43.2 Å². The van der Waals surface area contributed by atoms with E-state index in [-0.39, 0.29) is 11.8 Å². The van der Waals surface area contributed by atoms with Crippen LogP contribution in [-0.2, 0) is 11.0 Å². The third-order valence-electron chi connectivity index (χ3n) is 3.89. The minimum absolute atomic E-state index is 0.0690. The fourth-order valence-electron chi connectivity index (χ4n) is 2.13. The van der Waals surface area contributed by atoms with E-state index in [0.717, 1.165) is 12.1 Å². The van der Waals surface area contributed by atoms with Gasteiger partial charge in [0.05, 0.1) is 11.1 Å². The molecular weight excluding hydrogens is 281 g/mol. The van der Waals surface area contributed by atoms with Gasteiger partial charge in [-0.3, -0.25) is 4.79 Å². The first-order valence-corrected chi connectivity index (χ1v) is 6.97. The maximum Gasteiger partial charge on any atom is 0.416 e. The van der Waals surface area contributed by atoms with Crippen LogP contribution in [0.5, 0.6) is 0 Å². The van der Waals surface area contributed by atoms with Gasteiger partial charge in [0.1, 0.15) is 0 Å². The van der Waals surface area contributed by atoms with E-state index in [1.807, 2.05) is 6.92 Å². The van der Waals surface area contributed by atoms with Crippen molar-refractivity contribution in [1.82, 2.24) is 5.32 Å². The van der Waals surface area contributed by atoms with Crippen molar-refractivity contribution in [3.05, 3.63) is 35.4 Å². The minimum atomic E-state index is -4.33. The Morgan fingerprint density at radius 1 is 1.43 bits per heavy atom. The highest BCUT2D eigenvalue weighted by Gasteiger charge is 2.45. The molecule has 1 aromatic carbocycles. The van der Waals surface area contributed by atoms with Gasteiger partial charge in [0.15, 0.2) is 0 Å². The van der Waals surface area contributed by atoms with E-state index >= 15 is 0 Å². The molecule has 1 aliphatic rings. The van der Waals surface area contributed by atoms with E-state index in [0.29, 0.717) is 31.4 Å². The number of halogens is 3. The number of rotatable bonds is 5. The summed E-state index contributed by atoms with van der Waals surface area (Å²) < 4.78 is 38.0. The number of carbonyl (C=O) groups is 1. The molecule has 116 valence electrons. The second kappa shape index (κ2) is 5.67. The van der Waals surface area contributed by atoms with Gasteiger partial charge >= 0.3 is 6.18 Å². The van der Waals surface area contributed by atoms with Gasteiger partial charge in [-0.15, -0.1) is 0 Å². The van der Waals surface area contributed by atoms with Crippen molar-refractivity contribution < 1.29 is 18.0 Å². The summed E-state index contributed by atoms with van der Waals surface area (Å²) in [5.74, 6) is -0.237. The maximum atomic E-state index is 12.7. The lowest BCUT2D eigenvalue weighted by atomic mass is 9.96. The largest absolute Gasteiger partial charge is 0.416 e. The summed E-state index contributed by atoms with van der Waals surface area (Å²) in [5, 5.41) is 2.74. The van der Waals surface area contributed by atoms with Crippen molar-refractivity contribution in [1.29, 1.82) is 0 Å². The molecular formula is C15H19F3N2O. The number of hydrogen-bond donors (Lipinski definition) is 2. The average Bonchev–Trinajstić information content (AvgIpc) is 3.17. The quantitative estimate of drug-likeness (QED) is 0.878. The second-order valence-corrected chi connectivity index (χ2v) is 5.72. The Balaban J connectivity index is 1.88. The number of amides is 1. The monoisotopic (exact) mass is 300 g/mol. The van der Waals surface area contributed by atoms with E-state index in [4.69, 9.17) is 5.73 Å². The molecule has 1 saturated carbocycles. The molecule has 21 heavy (non-hydrogen) atoms. The van der Waals surface area contributed by atoms with Crippen LogP contribution in [0, 0.1) is 0 Å². The highest BCUT2D eigenvalue weighted by atomic mass is 19.4. The van der Waals surface area contributed by atoms with Crippen LogP contribution in [0.4, 0.5) is 13.2 Å². The molecule has 1 atom stereocenters. The van der Waals surface area contributed by atoms with Gasteiger partial charge in [0.2, 0.25) is 5.91 Å². The van der Waals surface area contributed by atoms with E-state index < -0.39 is 17.3 Å². The summed E-state index contributed by atoms with van der Waals surface area (Å²) in [7, 11) is 0. The number of alkyl halides is 3. The molecule has 6 heteroatoms. The van der Waals surface area contributed by atoms with E-state index in [1.165, 1.54) is 6.07 Å². The standard InChI is InChI=1S/C15H19F3N2O/c1-10(5-8-20-13(21)14(19)6-7-14)11-3-2-4-12(9-11)15(16,17)18/h2-4,9-10H,5-8,19H2,1H3,(H,20,21). The first-order valence-electron chi connectivity index (χ1n) is 6.97. The van der Waals surface area contributed by atoms with E-state index in [1.54, 1.807) is 6.07 Å². The molecule has 2 rings (SSSR count). The van der Waals surface area contributed by atoms with Crippen molar-refractivity contribution >= 4 is 5.91 Å². The molecule has 1 aliphatic carbocycles. The first-order chi connectivity index (χ1) is 9.72. The Labute approximate surface area is 121 Å². The number of hydrogen-bond acceptors (Lipinski definition) is 2. The number of benzene rings is 1. The Bertz CT molecular complexity index is 524. The van der Waals surface area contributed by atoms with Crippen molar-refractivity contribution in [2.24, 2.45) is 5.73 Å². The zero-order valence-corrected chi connectivity index (χ0v) is 11.8. The molecule has 0 bridgehead atoms. The van der Waals surface area contributed by atoms with Crippen LogP contribution in [0.2, 0.25) is 0 Å². The van der Waals surface area contributed by atoms with Crippen LogP contribution < -0.4 is 11.1 Å². The summed E-state index contributed by atoms with van der Waals surface area (Å²) in [4.78, 5) is 11.6. The Morgan fingerprint density at radius 2 is 2.10 bits per heavy atom. The molecule has 0 radical (unpaired) electrons. The minimum Gasteiger partial charge on any atom is -0.354 e. The molecule has 1 amide bonds. The predicted octanol–water partition coefficient (Wildman–Crippen LogP) is 2.81. The highest BCUT2D eigenvalue weighted by Crippen LogP contribution is 2.33. The molecule has 1 fully saturated rings. The lowest BCUT2D eigenvalue weighted by Crippen LogP contribution is -2.43. The zero-order valence-electron chi connectivity index (χ0n) is 11.8. The molecule has 0 aliphatic heterocycles. The summed E-state index contributed by atoms with van der Waals surface area (Å²) in [5.41, 5.74) is 5.01. The lowest BCUT2D eigenvalue weighted by molar-refractivity contribution is -0.137. The van der Waals surface area contributed by atoms with Crippen molar-refractivity contribution in [2.75, 3.05) is 6.54 Å². The third kappa shape index (κ3) is 3.97. The molecule has 1 aromatic rings. The van der Waals surface area contributed by atoms with Crippen LogP contribution in [0.25, 0.3) is 0 Å². The molecule has 1 unspecified atom stereocenters. The SMILES string of the molecule is CC(CCNC(=O)C1(N)CC1)c1cccc(C(F)(F)F)c1. The fourth-order valence-corrected chi connectivity index (χ4v) is 2.13. The van der Waals surface area contributed by atoms with Crippen LogP contribution in [-0.4, -0.2) is 18.0 Å². The summed E-state index contributed by atoms with van der Waals surface area (Å²) >= 11 is 0. The van der Waals surface area contributed by atoms with Gasteiger partial charge in [-0.05, 0) is 36.8 Å². The topological polar surface area (TPSA) is 55.1 Å². The Kier molecular flexibility index (Phi) is 4.27. The van der Waals surface area contributed by atoms with Crippen LogP contribution in [0.3, 0.4) is 0 Å². The smallest absolute Gasteiger partial charge is 0.354 e. The summed E-state index contributed by atoms with van der Waals surface area (Å²) in [6.07, 6.45) is -2.37. The van der Waals surface area contributed by atoms with Gasteiger partial charge in [0, 0.05) is 6.54 Å². The predicted molar refractivity (Wildman–Crippen MR) is 73.6 cm³/mol. The second-order valence-electron chi connectivity index (χ2n) is 5.72. The van der Waals surface area contributed by atoms with Gasteiger partial charge < -0.3 is 11.1 Å². The summed E-state index contributed by atoms with van der Waals surface area (Å²) in [6.45, 7) is 2.26. The van der Waals surface area contributed by atoms with Gasteiger partial charge in [-0.25, -0.2) is 0 Å². The zero-order chi connectivity index (χ0) is 15.7. The molecule has 3 N–H and O–H groups in total. The van der Waals surface area contributed by atoms with Crippen LogP contribution >= 0.6 is 0 Å².